The number of rotatable bonds is 3. The van der Waals surface area contributed by atoms with Crippen LogP contribution in [0.5, 0.6) is 0 Å². The standard InChI is InChI=1S/C12H33Si5.K/c1-14(2,3)13-11-10-12-17(13,15(4,5)6)16(7,8)9;/h10-12H2,1-9H3;/q-1;+1. The van der Waals surface area contributed by atoms with Gasteiger partial charge in [0.25, 0.3) is 0 Å². The van der Waals surface area contributed by atoms with Gasteiger partial charge in [-0.25, -0.2) is 0 Å². The Morgan fingerprint density at radius 1 is 0.778 bits per heavy atom. The van der Waals surface area contributed by atoms with Crippen LogP contribution in [0.1, 0.15) is 6.42 Å². The van der Waals surface area contributed by atoms with Crippen LogP contribution in [0.3, 0.4) is 0 Å². The van der Waals surface area contributed by atoms with Crippen molar-refractivity contribution in [3.05, 3.63) is 0 Å². The molecule has 0 atom stereocenters. The van der Waals surface area contributed by atoms with E-state index in [-0.39, 0.29) is 59.2 Å². The van der Waals surface area contributed by atoms with Crippen LogP contribution in [0.2, 0.25) is 71.0 Å². The van der Waals surface area contributed by atoms with Crippen LogP contribution in [0.4, 0.5) is 0 Å². The minimum atomic E-state index is -0.902. The summed E-state index contributed by atoms with van der Waals surface area (Å²) in [5.74, 6) is 0. The van der Waals surface area contributed by atoms with Crippen LogP contribution < -0.4 is 51.4 Å². The number of hydrogen-bond donors (Lipinski definition) is 0. The third-order valence-electron chi connectivity index (χ3n) is 4.96. The van der Waals surface area contributed by atoms with E-state index in [1.807, 2.05) is 0 Å². The van der Waals surface area contributed by atoms with E-state index in [1.54, 1.807) is 18.5 Å². The molecule has 102 valence electrons. The molecular formula is C12H33KSi5. The quantitative estimate of drug-likeness (QED) is 0.675. The van der Waals surface area contributed by atoms with E-state index >= 15 is 0 Å². The molecule has 1 aliphatic heterocycles. The zero-order valence-electron chi connectivity index (χ0n) is 14.6. The Labute approximate surface area is 163 Å². The maximum atomic E-state index is 2.74. The monoisotopic (exact) mass is 356 g/mol. The predicted molar refractivity (Wildman–Crippen MR) is 95.8 cm³/mol. The smallest absolute Gasteiger partial charge is 0.258 e. The molecule has 0 aliphatic carbocycles. The van der Waals surface area contributed by atoms with Crippen LogP contribution in [-0.4, -0.2) is 37.2 Å². The first-order chi connectivity index (χ1) is 7.34. The largest absolute Gasteiger partial charge is 1.00 e. The Morgan fingerprint density at radius 2 is 1.17 bits per heavy atom. The summed E-state index contributed by atoms with van der Waals surface area (Å²) >= 11 is 0. The van der Waals surface area contributed by atoms with Gasteiger partial charge in [0.2, 0.25) is 0 Å². The van der Waals surface area contributed by atoms with E-state index in [2.05, 4.69) is 58.9 Å². The zero-order valence-corrected chi connectivity index (χ0v) is 22.7. The van der Waals surface area contributed by atoms with Gasteiger partial charge in [0.15, 0.2) is 0 Å². The van der Waals surface area contributed by atoms with Gasteiger partial charge in [-0.3, -0.25) is 7.83 Å². The topological polar surface area (TPSA) is 0 Å². The molecule has 1 fully saturated rings. The molecule has 0 aromatic rings. The molecule has 1 saturated heterocycles. The Morgan fingerprint density at radius 3 is 1.39 bits per heavy atom. The van der Waals surface area contributed by atoms with Gasteiger partial charge in [-0.15, -0.1) is 14.2 Å². The van der Waals surface area contributed by atoms with Crippen molar-refractivity contribution in [2.45, 2.75) is 77.4 Å². The molecule has 1 rings (SSSR count). The fourth-order valence-corrected chi connectivity index (χ4v) is 134. The van der Waals surface area contributed by atoms with Crippen molar-refractivity contribution in [1.82, 2.24) is 0 Å². The third-order valence-corrected chi connectivity index (χ3v) is 90.0. The normalized spacial score (nSPS) is 21.8. The van der Waals surface area contributed by atoms with Crippen molar-refractivity contribution in [3.8, 4) is 0 Å². The molecule has 18 heavy (non-hydrogen) atoms. The van der Waals surface area contributed by atoms with Gasteiger partial charge in [-0.2, -0.15) is 6.04 Å². The van der Waals surface area contributed by atoms with Crippen LogP contribution in [0.15, 0.2) is 0 Å². The average Bonchev–Trinajstić information content (AvgIpc) is 2.42. The molecule has 0 amide bonds. The molecule has 1 heterocycles. The van der Waals surface area contributed by atoms with Crippen LogP contribution >= 0.6 is 0 Å². The maximum absolute atomic E-state index is 2.74. The Kier molecular flexibility index (Phi) is 7.43. The van der Waals surface area contributed by atoms with Gasteiger partial charge >= 0.3 is 51.4 Å². The first-order valence-corrected chi connectivity index (χ1v) is 25.6. The van der Waals surface area contributed by atoms with Gasteiger partial charge in [0.1, 0.15) is 0 Å². The molecule has 0 saturated carbocycles. The summed E-state index contributed by atoms with van der Waals surface area (Å²) in [6, 6.07) is 3.46. The first-order valence-electron chi connectivity index (χ1n) is 7.21. The van der Waals surface area contributed by atoms with E-state index in [9.17, 15) is 0 Å². The average molecular weight is 357 g/mol. The number of hydrogen-bond acceptors (Lipinski definition) is 0. The Balaban J connectivity index is 0.00000289. The summed E-state index contributed by atoms with van der Waals surface area (Å²) in [5, 5.41) is 0. The SMILES string of the molecule is C[Si](C)(C)[Si-]1CCC[Si]1([Si](C)(C)C)[Si](C)(C)C.[K+]. The van der Waals surface area contributed by atoms with Crippen LogP contribution in [0, 0.1) is 0 Å². The van der Waals surface area contributed by atoms with Gasteiger partial charge in [-0.1, -0.05) is 71.4 Å². The summed E-state index contributed by atoms with van der Waals surface area (Å²) < 4.78 is 0. The fraction of sp³-hybridized carbons (Fsp3) is 1.00. The minimum Gasteiger partial charge on any atom is -0.258 e. The van der Waals surface area contributed by atoms with E-state index in [4.69, 9.17) is 0 Å². The van der Waals surface area contributed by atoms with Crippen molar-refractivity contribution < 1.29 is 51.4 Å². The van der Waals surface area contributed by atoms with Crippen molar-refractivity contribution >= 4 is 37.2 Å². The molecule has 6 heteroatoms. The van der Waals surface area contributed by atoms with Crippen molar-refractivity contribution in [1.29, 1.82) is 0 Å². The molecule has 0 N–H and O–H groups in total. The summed E-state index contributed by atoms with van der Waals surface area (Å²) in [7, 11) is -2.59. The van der Waals surface area contributed by atoms with Crippen molar-refractivity contribution in [2.24, 2.45) is 0 Å². The summed E-state index contributed by atoms with van der Waals surface area (Å²) in [4.78, 5) is 0. The van der Waals surface area contributed by atoms with E-state index < -0.39 is 29.4 Å². The van der Waals surface area contributed by atoms with Crippen LogP contribution in [-0.2, 0) is 0 Å². The second kappa shape index (κ2) is 6.46. The van der Waals surface area contributed by atoms with Gasteiger partial charge in [-0.05, 0) is 0 Å². The van der Waals surface area contributed by atoms with E-state index in [0.717, 1.165) is 0 Å². The van der Waals surface area contributed by atoms with Crippen LogP contribution in [0.25, 0.3) is 0 Å². The summed E-state index contributed by atoms with van der Waals surface area (Å²) in [5.41, 5.74) is 0. The third kappa shape index (κ3) is 3.73. The summed E-state index contributed by atoms with van der Waals surface area (Å²) in [6.07, 6.45) is 1.62. The zero-order chi connectivity index (χ0) is 13.7. The molecule has 0 radical (unpaired) electrons. The van der Waals surface area contributed by atoms with Gasteiger partial charge in [0.05, 0.1) is 0 Å². The molecule has 0 nitrogen and oxygen atoms in total. The maximum Gasteiger partial charge on any atom is 1.00 e. The Bertz CT molecular complexity index is 270. The van der Waals surface area contributed by atoms with Crippen molar-refractivity contribution in [3.63, 3.8) is 0 Å². The molecule has 0 spiro atoms. The first kappa shape index (κ1) is 20.7. The second-order valence-electron chi connectivity index (χ2n) is 8.99. The summed E-state index contributed by atoms with van der Waals surface area (Å²) in [6.45, 7) is 23.7. The van der Waals surface area contributed by atoms with Crippen molar-refractivity contribution in [2.75, 3.05) is 0 Å². The van der Waals surface area contributed by atoms with Gasteiger partial charge in [0, 0.05) is 15.2 Å². The fourth-order valence-electron chi connectivity index (χ4n) is 4.69. The molecule has 0 bridgehead atoms. The van der Waals surface area contributed by atoms with Gasteiger partial charge < -0.3 is 0 Å². The molecule has 0 aromatic carbocycles. The van der Waals surface area contributed by atoms with E-state index in [1.165, 1.54) is 0 Å². The molecule has 0 unspecified atom stereocenters. The molecular weight excluding hydrogens is 324 g/mol. The predicted octanol–water partition coefficient (Wildman–Crippen LogP) is 1.67. The molecule has 1 aliphatic rings. The van der Waals surface area contributed by atoms with E-state index in [0.29, 0.717) is 0 Å². The Hall–Kier alpha value is 2.72. The molecule has 0 aromatic heterocycles. The minimum absolute atomic E-state index is 0. The second-order valence-corrected chi connectivity index (χ2v) is 57.1.